The van der Waals surface area contributed by atoms with Crippen molar-refractivity contribution in [2.75, 3.05) is 0 Å². The lowest BCUT2D eigenvalue weighted by atomic mass is 10.4. The van der Waals surface area contributed by atoms with Crippen LogP contribution in [-0.2, 0) is 4.79 Å². The van der Waals surface area contributed by atoms with Crippen molar-refractivity contribution in [2.24, 2.45) is 11.8 Å². The van der Waals surface area contributed by atoms with E-state index in [1.54, 1.807) is 0 Å². The van der Waals surface area contributed by atoms with Gasteiger partial charge in [-0.05, 0) is 5.92 Å². The molecule has 1 rings (SSSR count). The van der Waals surface area contributed by atoms with E-state index in [4.69, 9.17) is 0 Å². The van der Waals surface area contributed by atoms with Crippen molar-refractivity contribution in [3.05, 3.63) is 0 Å². The molecule has 0 amide bonds. The van der Waals surface area contributed by atoms with Crippen molar-refractivity contribution >= 4 is 22.2 Å². The van der Waals surface area contributed by atoms with Crippen LogP contribution in [0.15, 0.2) is 0 Å². The Kier molecular flexibility index (Phi) is 1.20. The zero-order valence-electron chi connectivity index (χ0n) is 4.10. The van der Waals surface area contributed by atoms with Gasteiger partial charge < -0.3 is 4.79 Å². The molecule has 40 valence electrons. The number of rotatable bonds is 1. The highest BCUT2D eigenvalue weighted by molar-refractivity contribution is 9.09. The molecule has 0 aromatic rings. The van der Waals surface area contributed by atoms with E-state index in [0.29, 0.717) is 16.7 Å². The van der Waals surface area contributed by atoms with Gasteiger partial charge in [0.1, 0.15) is 6.29 Å². The number of carbonyl (C=O) groups excluding carboxylic acids is 1. The molecule has 1 aliphatic carbocycles. The van der Waals surface area contributed by atoms with Crippen LogP contribution in [-0.4, -0.2) is 11.1 Å². The predicted molar refractivity (Wildman–Crippen MR) is 31.4 cm³/mol. The molecule has 0 aromatic carbocycles. The highest BCUT2D eigenvalue weighted by Crippen LogP contribution is 2.42. The number of halogens is 1. The van der Waals surface area contributed by atoms with Crippen molar-refractivity contribution in [3.63, 3.8) is 0 Å². The number of hydrogen-bond acceptors (Lipinski definition) is 1. The van der Waals surface area contributed by atoms with Crippen LogP contribution in [0.3, 0.4) is 0 Å². The predicted octanol–water partition coefficient (Wildman–Crippen LogP) is 1.21. The second-order valence-electron chi connectivity index (χ2n) is 2.02. The second kappa shape index (κ2) is 1.58. The third kappa shape index (κ3) is 0.717. The normalized spacial score (nSPS) is 48.6. The first kappa shape index (κ1) is 5.29. The summed E-state index contributed by atoms with van der Waals surface area (Å²) < 4.78 is 0. The fourth-order valence-corrected chi connectivity index (χ4v) is 1.42. The van der Waals surface area contributed by atoms with E-state index in [-0.39, 0.29) is 0 Å². The molecule has 1 aliphatic rings. The van der Waals surface area contributed by atoms with Crippen LogP contribution in [0.1, 0.15) is 6.92 Å². The molecule has 3 atom stereocenters. The SMILES string of the molecule is C[C@@H]1[C@@H](Br)[C@@H]1C=O. The molecule has 0 aromatic heterocycles. The summed E-state index contributed by atoms with van der Waals surface area (Å²) in [6.45, 7) is 2.07. The summed E-state index contributed by atoms with van der Waals surface area (Å²) >= 11 is 3.34. The molecule has 0 saturated heterocycles. The van der Waals surface area contributed by atoms with Crippen molar-refractivity contribution in [1.82, 2.24) is 0 Å². The van der Waals surface area contributed by atoms with Crippen molar-refractivity contribution in [1.29, 1.82) is 0 Å². The summed E-state index contributed by atoms with van der Waals surface area (Å²) in [5, 5.41) is 0. The van der Waals surface area contributed by atoms with E-state index in [2.05, 4.69) is 22.9 Å². The van der Waals surface area contributed by atoms with Crippen LogP contribution >= 0.6 is 15.9 Å². The van der Waals surface area contributed by atoms with Gasteiger partial charge in [0.25, 0.3) is 0 Å². The maximum absolute atomic E-state index is 9.96. The fourth-order valence-electron chi connectivity index (χ4n) is 0.642. The van der Waals surface area contributed by atoms with Crippen LogP contribution in [0.4, 0.5) is 0 Å². The van der Waals surface area contributed by atoms with Crippen molar-refractivity contribution in [2.45, 2.75) is 11.8 Å². The molecule has 2 heteroatoms. The topological polar surface area (TPSA) is 17.1 Å². The minimum absolute atomic E-state index is 0.306. The zero-order valence-corrected chi connectivity index (χ0v) is 5.68. The molecular weight excluding hydrogens is 156 g/mol. The molecule has 1 saturated carbocycles. The van der Waals surface area contributed by atoms with E-state index in [9.17, 15) is 4.79 Å². The largest absolute Gasteiger partial charge is 0.303 e. The van der Waals surface area contributed by atoms with Gasteiger partial charge in [-0.25, -0.2) is 0 Å². The Morgan fingerprint density at radius 2 is 2.14 bits per heavy atom. The summed E-state index contributed by atoms with van der Waals surface area (Å²) in [5.74, 6) is 0.887. The third-order valence-corrected chi connectivity index (χ3v) is 2.94. The summed E-state index contributed by atoms with van der Waals surface area (Å²) in [7, 11) is 0. The lowest BCUT2D eigenvalue weighted by Gasteiger charge is -1.66. The van der Waals surface area contributed by atoms with Crippen molar-refractivity contribution in [3.8, 4) is 0 Å². The quantitative estimate of drug-likeness (QED) is 0.419. The van der Waals surface area contributed by atoms with Gasteiger partial charge >= 0.3 is 0 Å². The highest BCUT2D eigenvalue weighted by Gasteiger charge is 2.44. The Labute approximate surface area is 51.2 Å². The van der Waals surface area contributed by atoms with Crippen LogP contribution in [0.2, 0.25) is 0 Å². The average molecular weight is 163 g/mol. The molecule has 0 radical (unpaired) electrons. The number of carbonyl (C=O) groups is 1. The van der Waals surface area contributed by atoms with Gasteiger partial charge in [-0.3, -0.25) is 0 Å². The third-order valence-electron chi connectivity index (χ3n) is 1.49. The molecule has 0 aliphatic heterocycles. The van der Waals surface area contributed by atoms with Gasteiger partial charge in [0.15, 0.2) is 0 Å². The van der Waals surface area contributed by atoms with Crippen LogP contribution in [0.5, 0.6) is 0 Å². The monoisotopic (exact) mass is 162 g/mol. The Hall–Kier alpha value is 0.150. The van der Waals surface area contributed by atoms with E-state index < -0.39 is 0 Å². The van der Waals surface area contributed by atoms with E-state index in [1.807, 2.05) is 0 Å². The fraction of sp³-hybridized carbons (Fsp3) is 0.800. The Morgan fingerprint density at radius 1 is 1.71 bits per heavy atom. The summed E-state index contributed by atoms with van der Waals surface area (Å²) in [4.78, 5) is 10.4. The number of hydrogen-bond donors (Lipinski definition) is 0. The van der Waals surface area contributed by atoms with Crippen LogP contribution in [0, 0.1) is 11.8 Å². The Balaban J connectivity index is 2.37. The van der Waals surface area contributed by atoms with E-state index >= 15 is 0 Å². The van der Waals surface area contributed by atoms with Crippen LogP contribution in [0.25, 0.3) is 0 Å². The summed E-state index contributed by atoms with van der Waals surface area (Å²) in [5.41, 5.74) is 0. The smallest absolute Gasteiger partial charge is 0.124 e. The molecule has 0 heterocycles. The molecule has 1 nitrogen and oxygen atoms in total. The number of aldehydes is 1. The summed E-state index contributed by atoms with van der Waals surface area (Å²) in [6.07, 6.45) is 1.02. The van der Waals surface area contributed by atoms with E-state index in [0.717, 1.165) is 6.29 Å². The molecule has 1 fully saturated rings. The summed E-state index contributed by atoms with van der Waals surface area (Å²) in [6, 6.07) is 0. The molecule has 7 heavy (non-hydrogen) atoms. The first-order valence-electron chi connectivity index (χ1n) is 2.36. The van der Waals surface area contributed by atoms with Gasteiger partial charge in [0.05, 0.1) is 0 Å². The molecular formula is C5H7BrO. The zero-order chi connectivity index (χ0) is 5.44. The van der Waals surface area contributed by atoms with Gasteiger partial charge in [0, 0.05) is 10.7 Å². The standard InChI is InChI=1S/C5H7BrO/c1-3-4(2-7)5(3)6/h2-5H,1H3/t3-,4+,5+/m0/s1. The highest BCUT2D eigenvalue weighted by atomic mass is 79.9. The number of alkyl halides is 1. The van der Waals surface area contributed by atoms with Crippen LogP contribution < -0.4 is 0 Å². The maximum Gasteiger partial charge on any atom is 0.124 e. The molecule has 0 spiro atoms. The lowest BCUT2D eigenvalue weighted by molar-refractivity contribution is -0.109. The maximum atomic E-state index is 9.96. The second-order valence-corrected chi connectivity index (χ2v) is 3.07. The Bertz CT molecular complexity index is 84.1. The molecule has 0 N–H and O–H groups in total. The van der Waals surface area contributed by atoms with E-state index in [1.165, 1.54) is 0 Å². The molecule has 0 unspecified atom stereocenters. The minimum Gasteiger partial charge on any atom is -0.303 e. The van der Waals surface area contributed by atoms with Crippen molar-refractivity contribution < 1.29 is 4.79 Å². The Morgan fingerprint density at radius 3 is 2.14 bits per heavy atom. The minimum atomic E-state index is 0.306. The first-order valence-corrected chi connectivity index (χ1v) is 3.28. The lowest BCUT2D eigenvalue weighted by Crippen LogP contribution is -1.76. The van der Waals surface area contributed by atoms with Gasteiger partial charge in [-0.15, -0.1) is 0 Å². The van der Waals surface area contributed by atoms with Gasteiger partial charge in [-0.2, -0.15) is 0 Å². The van der Waals surface area contributed by atoms with Gasteiger partial charge in [-0.1, -0.05) is 22.9 Å². The first-order chi connectivity index (χ1) is 3.27. The molecule has 0 bridgehead atoms. The average Bonchev–Trinajstić information content (AvgIpc) is 2.17. The van der Waals surface area contributed by atoms with Gasteiger partial charge in [0.2, 0.25) is 0 Å².